The second-order valence-electron chi connectivity index (χ2n) is 6.88. The fraction of sp³-hybridized carbons (Fsp3) is 0.130. The molecule has 0 aliphatic heterocycles. The van der Waals surface area contributed by atoms with E-state index in [-0.39, 0.29) is 18.7 Å². The summed E-state index contributed by atoms with van der Waals surface area (Å²) in [5, 5.41) is 15.4. The van der Waals surface area contributed by atoms with Gasteiger partial charge in [0.2, 0.25) is 5.91 Å². The average molecular weight is 372 g/mol. The summed E-state index contributed by atoms with van der Waals surface area (Å²) in [7, 11) is 0. The number of hydrogen-bond acceptors (Lipinski definition) is 2. The van der Waals surface area contributed by atoms with Crippen LogP contribution < -0.4 is 5.32 Å². The summed E-state index contributed by atoms with van der Waals surface area (Å²) in [5.41, 5.74) is 2.67. The van der Waals surface area contributed by atoms with Gasteiger partial charge < -0.3 is 15.4 Å². The lowest BCUT2D eigenvalue weighted by atomic mass is 10.0. The van der Waals surface area contributed by atoms with Gasteiger partial charge >= 0.3 is 5.97 Å². The Bertz CT molecular complexity index is 1160. The molecular formula is C23H20N2O3. The van der Waals surface area contributed by atoms with Crippen molar-refractivity contribution in [1.82, 2.24) is 10.3 Å². The minimum absolute atomic E-state index is 0.141. The van der Waals surface area contributed by atoms with E-state index >= 15 is 0 Å². The van der Waals surface area contributed by atoms with E-state index in [4.69, 9.17) is 0 Å². The number of benzene rings is 3. The molecule has 1 heterocycles. The lowest BCUT2D eigenvalue weighted by Crippen LogP contribution is -2.43. The molecule has 5 nitrogen and oxygen atoms in total. The van der Waals surface area contributed by atoms with Crippen molar-refractivity contribution in [2.45, 2.75) is 18.9 Å². The number of rotatable bonds is 6. The highest BCUT2D eigenvalue weighted by Crippen LogP contribution is 2.19. The Morgan fingerprint density at radius 3 is 2.54 bits per heavy atom. The van der Waals surface area contributed by atoms with Crippen molar-refractivity contribution >= 4 is 33.6 Å². The standard InChI is InChI=1S/C23H20N2O3/c26-22(12-15-9-10-16-5-1-2-6-17(16)11-15)25-21(23(27)28)13-18-14-24-20-8-4-3-7-19(18)20/h1-11,14,21,24H,12-13H2,(H,25,26)(H,27,28). The minimum Gasteiger partial charge on any atom is -0.480 e. The number of para-hydroxylation sites is 1. The van der Waals surface area contributed by atoms with Crippen molar-refractivity contribution in [2.75, 3.05) is 0 Å². The van der Waals surface area contributed by atoms with Crippen molar-refractivity contribution in [3.8, 4) is 0 Å². The Balaban J connectivity index is 1.47. The maximum absolute atomic E-state index is 12.5. The first kappa shape index (κ1) is 17.8. The number of hydrogen-bond donors (Lipinski definition) is 3. The van der Waals surface area contributed by atoms with Gasteiger partial charge in [0.05, 0.1) is 6.42 Å². The van der Waals surface area contributed by atoms with Crippen LogP contribution >= 0.6 is 0 Å². The fourth-order valence-electron chi connectivity index (χ4n) is 3.50. The lowest BCUT2D eigenvalue weighted by molar-refractivity contribution is -0.141. The number of carboxylic acids is 1. The first-order chi connectivity index (χ1) is 13.6. The predicted molar refractivity (Wildman–Crippen MR) is 109 cm³/mol. The molecule has 1 aromatic heterocycles. The van der Waals surface area contributed by atoms with E-state index < -0.39 is 12.0 Å². The van der Waals surface area contributed by atoms with Crippen LogP contribution in [-0.2, 0) is 22.4 Å². The fourth-order valence-corrected chi connectivity index (χ4v) is 3.50. The maximum atomic E-state index is 12.5. The average Bonchev–Trinajstić information content (AvgIpc) is 3.10. The first-order valence-electron chi connectivity index (χ1n) is 9.15. The number of nitrogens with one attached hydrogen (secondary N) is 2. The Kier molecular flexibility index (Phi) is 4.81. The Morgan fingerprint density at radius 1 is 0.964 bits per heavy atom. The number of aromatic amines is 1. The third kappa shape index (κ3) is 3.74. The number of carbonyl (C=O) groups excluding carboxylic acids is 1. The van der Waals surface area contributed by atoms with Crippen molar-refractivity contribution in [3.05, 3.63) is 84.1 Å². The third-order valence-electron chi connectivity index (χ3n) is 4.91. The molecule has 3 N–H and O–H groups in total. The molecule has 0 saturated heterocycles. The Morgan fingerprint density at radius 2 is 1.71 bits per heavy atom. The van der Waals surface area contributed by atoms with Crippen molar-refractivity contribution in [2.24, 2.45) is 0 Å². The summed E-state index contributed by atoms with van der Waals surface area (Å²) >= 11 is 0. The molecule has 4 aromatic rings. The van der Waals surface area contributed by atoms with Crippen molar-refractivity contribution < 1.29 is 14.7 Å². The Hall–Kier alpha value is -3.60. The number of amides is 1. The van der Waals surface area contributed by atoms with Gasteiger partial charge in [-0.05, 0) is 28.0 Å². The van der Waals surface area contributed by atoms with Crippen LogP contribution in [0.25, 0.3) is 21.7 Å². The molecule has 140 valence electrons. The number of carbonyl (C=O) groups is 2. The van der Waals surface area contributed by atoms with Crippen molar-refractivity contribution in [1.29, 1.82) is 0 Å². The van der Waals surface area contributed by atoms with E-state index in [1.807, 2.05) is 66.7 Å². The van der Waals surface area contributed by atoms with Crippen LogP contribution in [0.3, 0.4) is 0 Å². The zero-order chi connectivity index (χ0) is 19.5. The van der Waals surface area contributed by atoms with Crippen molar-refractivity contribution in [3.63, 3.8) is 0 Å². The summed E-state index contributed by atoms with van der Waals surface area (Å²) in [4.78, 5) is 27.3. The van der Waals surface area contributed by atoms with Gasteiger partial charge in [-0.2, -0.15) is 0 Å². The van der Waals surface area contributed by atoms with Crippen LogP contribution in [0.1, 0.15) is 11.1 Å². The molecule has 5 heteroatoms. The smallest absolute Gasteiger partial charge is 0.326 e. The molecule has 1 unspecified atom stereocenters. The number of H-pyrrole nitrogens is 1. The topological polar surface area (TPSA) is 82.2 Å². The van der Waals surface area contributed by atoms with Crippen LogP contribution in [-0.4, -0.2) is 28.0 Å². The highest BCUT2D eigenvalue weighted by Gasteiger charge is 2.22. The highest BCUT2D eigenvalue weighted by molar-refractivity contribution is 5.88. The largest absolute Gasteiger partial charge is 0.480 e. The minimum atomic E-state index is -1.04. The predicted octanol–water partition coefficient (Wildman–Crippen LogP) is 3.68. The molecule has 0 spiro atoms. The van der Waals surface area contributed by atoms with E-state index in [0.717, 1.165) is 32.8 Å². The second kappa shape index (κ2) is 7.56. The molecule has 0 aliphatic carbocycles. The van der Waals surface area contributed by atoms with Crippen LogP contribution in [0.5, 0.6) is 0 Å². The van der Waals surface area contributed by atoms with Crippen LogP contribution in [0.4, 0.5) is 0 Å². The molecule has 4 rings (SSSR count). The van der Waals surface area contributed by atoms with Gasteiger partial charge in [-0.3, -0.25) is 4.79 Å². The van der Waals surface area contributed by atoms with E-state index in [0.29, 0.717) is 0 Å². The Labute approximate surface area is 162 Å². The summed E-state index contributed by atoms with van der Waals surface area (Å²) in [6, 6.07) is 20.5. The molecule has 28 heavy (non-hydrogen) atoms. The third-order valence-corrected chi connectivity index (χ3v) is 4.91. The molecule has 1 amide bonds. The summed E-state index contributed by atoms with van der Waals surface area (Å²) in [6.45, 7) is 0. The molecule has 0 aliphatic rings. The van der Waals surface area contributed by atoms with E-state index in [1.165, 1.54) is 0 Å². The van der Waals surface area contributed by atoms with E-state index in [1.54, 1.807) is 6.20 Å². The molecular weight excluding hydrogens is 352 g/mol. The molecule has 0 bridgehead atoms. The number of fused-ring (bicyclic) bond motifs is 2. The molecule has 0 radical (unpaired) electrons. The number of aromatic nitrogens is 1. The summed E-state index contributed by atoms with van der Waals surface area (Å²) in [5.74, 6) is -1.35. The van der Waals surface area contributed by atoms with Gasteiger partial charge in [0.25, 0.3) is 0 Å². The van der Waals surface area contributed by atoms with Gasteiger partial charge in [-0.25, -0.2) is 4.79 Å². The molecule has 0 fully saturated rings. The quantitative estimate of drug-likeness (QED) is 0.483. The molecule has 1 atom stereocenters. The van der Waals surface area contributed by atoms with Gasteiger partial charge in [0.1, 0.15) is 6.04 Å². The maximum Gasteiger partial charge on any atom is 0.326 e. The van der Waals surface area contributed by atoms with Gasteiger partial charge in [0, 0.05) is 23.5 Å². The van der Waals surface area contributed by atoms with Crippen LogP contribution in [0.15, 0.2) is 72.9 Å². The number of carboxylic acid groups (broad SMARTS) is 1. The van der Waals surface area contributed by atoms with Gasteiger partial charge in [0.15, 0.2) is 0 Å². The number of aliphatic carboxylic acids is 1. The monoisotopic (exact) mass is 372 g/mol. The lowest BCUT2D eigenvalue weighted by Gasteiger charge is -2.14. The molecule has 0 saturated carbocycles. The summed E-state index contributed by atoms with van der Waals surface area (Å²) in [6.07, 6.45) is 2.17. The first-order valence-corrected chi connectivity index (χ1v) is 9.15. The normalized spacial score (nSPS) is 12.1. The van der Waals surface area contributed by atoms with E-state index in [9.17, 15) is 14.7 Å². The van der Waals surface area contributed by atoms with Crippen LogP contribution in [0, 0.1) is 0 Å². The summed E-state index contributed by atoms with van der Waals surface area (Å²) < 4.78 is 0. The SMILES string of the molecule is O=C(Cc1ccc2ccccc2c1)NC(Cc1c[nH]c2ccccc12)C(=O)O. The second-order valence-corrected chi connectivity index (χ2v) is 6.88. The highest BCUT2D eigenvalue weighted by atomic mass is 16.4. The van der Waals surface area contributed by atoms with E-state index in [2.05, 4.69) is 10.3 Å². The molecule has 3 aromatic carbocycles. The van der Waals surface area contributed by atoms with Crippen LogP contribution in [0.2, 0.25) is 0 Å². The zero-order valence-corrected chi connectivity index (χ0v) is 15.2. The van der Waals surface area contributed by atoms with Gasteiger partial charge in [-0.15, -0.1) is 0 Å². The van der Waals surface area contributed by atoms with Gasteiger partial charge in [-0.1, -0.05) is 60.7 Å². The zero-order valence-electron chi connectivity index (χ0n) is 15.2.